The van der Waals surface area contributed by atoms with Crippen molar-refractivity contribution in [2.75, 3.05) is 19.6 Å². The van der Waals surface area contributed by atoms with Gasteiger partial charge in [-0.25, -0.2) is 4.68 Å². The van der Waals surface area contributed by atoms with Gasteiger partial charge in [-0.15, -0.1) is 5.10 Å². The minimum absolute atomic E-state index is 0.0180. The number of hydrogen-bond acceptors (Lipinski definition) is 6. The Labute approximate surface area is 160 Å². The molecule has 0 aromatic carbocycles. The van der Waals surface area contributed by atoms with E-state index in [-0.39, 0.29) is 30.4 Å². The van der Waals surface area contributed by atoms with Crippen molar-refractivity contribution in [2.45, 2.75) is 77.5 Å². The van der Waals surface area contributed by atoms with Crippen molar-refractivity contribution in [3.8, 4) is 0 Å². The summed E-state index contributed by atoms with van der Waals surface area (Å²) in [6.07, 6.45) is 6.28. The van der Waals surface area contributed by atoms with Crippen molar-refractivity contribution in [1.82, 2.24) is 35.3 Å². The zero-order valence-corrected chi connectivity index (χ0v) is 16.4. The fourth-order valence-electron chi connectivity index (χ4n) is 3.82. The van der Waals surface area contributed by atoms with Crippen LogP contribution in [0.15, 0.2) is 0 Å². The number of amides is 2. The smallest absolute Gasteiger partial charge is 0.244 e. The normalized spacial score (nSPS) is 21.3. The molecule has 1 aromatic rings. The summed E-state index contributed by atoms with van der Waals surface area (Å²) >= 11 is 0. The molecule has 9 nitrogen and oxygen atoms in total. The van der Waals surface area contributed by atoms with Crippen LogP contribution < -0.4 is 5.32 Å². The molecule has 27 heavy (non-hydrogen) atoms. The van der Waals surface area contributed by atoms with E-state index in [0.29, 0.717) is 19.5 Å². The summed E-state index contributed by atoms with van der Waals surface area (Å²) < 4.78 is 1.62. The third-order valence-corrected chi connectivity index (χ3v) is 5.40. The summed E-state index contributed by atoms with van der Waals surface area (Å²) in [7, 11) is 0. The molecular formula is C18H31N7O2. The summed E-state index contributed by atoms with van der Waals surface area (Å²) in [5.74, 6) is 0.787. The largest absolute Gasteiger partial charge is 0.352 e. The Hall–Kier alpha value is -2.03. The van der Waals surface area contributed by atoms with Crippen molar-refractivity contribution in [2.24, 2.45) is 0 Å². The topological polar surface area (TPSA) is 96.2 Å². The summed E-state index contributed by atoms with van der Waals surface area (Å²) in [5.41, 5.74) is 0. The molecule has 1 atom stereocenters. The molecule has 0 aliphatic carbocycles. The molecular weight excluding hydrogens is 346 g/mol. The van der Waals surface area contributed by atoms with Crippen molar-refractivity contribution in [1.29, 1.82) is 0 Å². The minimum atomic E-state index is -0.0180. The highest BCUT2D eigenvalue weighted by Crippen LogP contribution is 2.13. The molecule has 2 aliphatic heterocycles. The fourth-order valence-corrected chi connectivity index (χ4v) is 3.82. The van der Waals surface area contributed by atoms with E-state index in [9.17, 15) is 9.59 Å². The van der Waals surface area contributed by atoms with Crippen LogP contribution in [0, 0.1) is 0 Å². The van der Waals surface area contributed by atoms with Gasteiger partial charge in [0.25, 0.3) is 0 Å². The molecule has 2 fully saturated rings. The van der Waals surface area contributed by atoms with Crippen LogP contribution in [0.3, 0.4) is 0 Å². The summed E-state index contributed by atoms with van der Waals surface area (Å²) in [4.78, 5) is 28.5. The van der Waals surface area contributed by atoms with Gasteiger partial charge in [-0.1, -0.05) is 12.8 Å². The third kappa shape index (κ3) is 5.47. The lowest BCUT2D eigenvalue weighted by Crippen LogP contribution is -2.46. The first kappa shape index (κ1) is 19.7. The van der Waals surface area contributed by atoms with Crippen LogP contribution in [0.4, 0.5) is 0 Å². The molecule has 1 aromatic heterocycles. The van der Waals surface area contributed by atoms with Crippen LogP contribution in [-0.4, -0.2) is 73.5 Å². The monoisotopic (exact) mass is 377 g/mol. The zero-order chi connectivity index (χ0) is 19.2. The molecule has 0 saturated carbocycles. The van der Waals surface area contributed by atoms with Crippen LogP contribution in [0.25, 0.3) is 0 Å². The molecule has 150 valence electrons. The van der Waals surface area contributed by atoms with Gasteiger partial charge in [0.15, 0.2) is 5.82 Å². The first-order valence-corrected chi connectivity index (χ1v) is 10.1. The average Bonchev–Trinajstić information content (AvgIpc) is 3.14. The Morgan fingerprint density at radius 1 is 1.26 bits per heavy atom. The van der Waals surface area contributed by atoms with Gasteiger partial charge in [-0.05, 0) is 56.6 Å². The Morgan fingerprint density at radius 2 is 2.00 bits per heavy atom. The summed E-state index contributed by atoms with van der Waals surface area (Å²) in [5, 5.41) is 14.9. The van der Waals surface area contributed by atoms with Crippen molar-refractivity contribution < 1.29 is 9.59 Å². The molecule has 2 amide bonds. The Morgan fingerprint density at radius 3 is 2.63 bits per heavy atom. The molecule has 3 rings (SSSR count). The first-order chi connectivity index (χ1) is 13.0. The summed E-state index contributed by atoms with van der Waals surface area (Å²) in [6, 6.07) is 0.0924. The molecule has 2 saturated heterocycles. The van der Waals surface area contributed by atoms with E-state index in [1.54, 1.807) is 4.68 Å². The second-order valence-corrected chi connectivity index (χ2v) is 7.89. The maximum atomic E-state index is 12.9. The van der Waals surface area contributed by atoms with Crippen molar-refractivity contribution in [3.63, 3.8) is 0 Å². The highest BCUT2D eigenvalue weighted by molar-refractivity contribution is 5.79. The van der Waals surface area contributed by atoms with Crippen molar-refractivity contribution in [3.05, 3.63) is 5.82 Å². The number of nitrogens with one attached hydrogen (secondary N) is 1. The number of nitrogens with zero attached hydrogens (tertiary/aromatic N) is 6. The number of rotatable bonds is 7. The van der Waals surface area contributed by atoms with Crippen LogP contribution >= 0.6 is 0 Å². The molecule has 9 heteroatoms. The van der Waals surface area contributed by atoms with E-state index in [1.165, 1.54) is 25.7 Å². The van der Waals surface area contributed by atoms with Crippen molar-refractivity contribution >= 4 is 11.8 Å². The molecule has 0 radical (unpaired) electrons. The van der Waals surface area contributed by atoms with Gasteiger partial charge in [-0.2, -0.15) is 0 Å². The van der Waals surface area contributed by atoms with Gasteiger partial charge in [0.2, 0.25) is 11.8 Å². The van der Waals surface area contributed by atoms with Crippen LogP contribution in [-0.2, 0) is 22.7 Å². The quantitative estimate of drug-likeness (QED) is 0.746. The SMILES string of the molecule is CC(C)N(C[C@H]1CCC(=O)N1)C(=O)Cn1nnnc1CN1CCCCCC1. The number of hydrogen-bond donors (Lipinski definition) is 1. The second kappa shape index (κ2) is 9.25. The van der Waals surface area contributed by atoms with E-state index in [0.717, 1.165) is 25.3 Å². The van der Waals surface area contributed by atoms with Gasteiger partial charge in [0.05, 0.1) is 6.54 Å². The highest BCUT2D eigenvalue weighted by atomic mass is 16.2. The average molecular weight is 377 g/mol. The van der Waals surface area contributed by atoms with E-state index < -0.39 is 0 Å². The van der Waals surface area contributed by atoms with Gasteiger partial charge in [0.1, 0.15) is 6.54 Å². The molecule has 3 heterocycles. The van der Waals surface area contributed by atoms with Gasteiger partial charge in [-0.3, -0.25) is 14.5 Å². The Balaban J connectivity index is 1.60. The van der Waals surface area contributed by atoms with E-state index in [4.69, 9.17) is 0 Å². The van der Waals surface area contributed by atoms with Gasteiger partial charge >= 0.3 is 0 Å². The number of carbonyl (C=O) groups is 2. The Kier molecular flexibility index (Phi) is 6.76. The van der Waals surface area contributed by atoms with E-state index >= 15 is 0 Å². The van der Waals surface area contributed by atoms with Crippen LogP contribution in [0.1, 0.15) is 58.2 Å². The minimum Gasteiger partial charge on any atom is -0.352 e. The fraction of sp³-hybridized carbons (Fsp3) is 0.833. The van der Waals surface area contributed by atoms with Crippen LogP contribution in [0.2, 0.25) is 0 Å². The molecule has 0 bridgehead atoms. The third-order valence-electron chi connectivity index (χ3n) is 5.40. The molecule has 1 N–H and O–H groups in total. The number of likely N-dealkylation sites (tertiary alicyclic amines) is 1. The van der Waals surface area contributed by atoms with Gasteiger partial charge in [0, 0.05) is 25.0 Å². The molecule has 0 spiro atoms. The lowest BCUT2D eigenvalue weighted by Gasteiger charge is -2.29. The predicted molar refractivity (Wildman–Crippen MR) is 99.6 cm³/mol. The molecule has 2 aliphatic rings. The number of aromatic nitrogens is 4. The van der Waals surface area contributed by atoms with Crippen LogP contribution in [0.5, 0.6) is 0 Å². The standard InChI is InChI=1S/C18H31N7O2/c1-14(2)24(11-15-7-8-17(26)19-15)18(27)13-25-16(20-21-22-25)12-23-9-5-3-4-6-10-23/h14-15H,3-13H2,1-2H3,(H,19,26)/t15-/m1/s1. The maximum Gasteiger partial charge on any atom is 0.244 e. The molecule has 0 unspecified atom stereocenters. The van der Waals surface area contributed by atoms with E-state index in [2.05, 4.69) is 25.7 Å². The predicted octanol–water partition coefficient (Wildman–Crippen LogP) is 0.565. The Bertz CT molecular complexity index is 637. The number of carbonyl (C=O) groups excluding carboxylic acids is 2. The highest BCUT2D eigenvalue weighted by Gasteiger charge is 2.27. The first-order valence-electron chi connectivity index (χ1n) is 10.1. The lowest BCUT2D eigenvalue weighted by molar-refractivity contribution is -0.134. The number of tetrazole rings is 1. The van der Waals surface area contributed by atoms with Gasteiger partial charge < -0.3 is 10.2 Å². The lowest BCUT2D eigenvalue weighted by atomic mass is 10.2. The maximum absolute atomic E-state index is 12.9. The summed E-state index contributed by atoms with van der Waals surface area (Å²) in [6.45, 7) is 7.45. The second-order valence-electron chi connectivity index (χ2n) is 7.89. The van der Waals surface area contributed by atoms with E-state index in [1.807, 2.05) is 18.7 Å². The zero-order valence-electron chi connectivity index (χ0n) is 16.4.